The number of epoxide rings is 1. The van der Waals surface area contributed by atoms with E-state index in [2.05, 4.69) is 6.58 Å². The molecule has 6 nitrogen and oxygen atoms in total. The van der Waals surface area contributed by atoms with Crippen molar-refractivity contribution in [1.29, 1.82) is 0 Å². The van der Waals surface area contributed by atoms with Gasteiger partial charge in [0.2, 0.25) is 0 Å². The molecule has 4 rings (SSSR count). The van der Waals surface area contributed by atoms with E-state index in [1.54, 1.807) is 0 Å². The zero-order valence-corrected chi connectivity index (χ0v) is 16.8. The highest BCUT2D eigenvalue weighted by molar-refractivity contribution is 5.85. The summed E-state index contributed by atoms with van der Waals surface area (Å²) >= 11 is 0. The lowest BCUT2D eigenvalue weighted by Gasteiger charge is -2.08. The molecule has 0 aliphatic carbocycles. The Hall–Kier alpha value is -0.950. The fraction of sp³-hybridized carbons (Fsp3) is 0.857. The van der Waals surface area contributed by atoms with E-state index in [1.165, 1.54) is 57.8 Å². The zero-order valence-electron chi connectivity index (χ0n) is 16.8. The predicted molar refractivity (Wildman–Crippen MR) is 105 cm³/mol. The number of hydrogen-bond acceptors (Lipinski definition) is 5. The van der Waals surface area contributed by atoms with Crippen LogP contribution in [0.15, 0.2) is 12.2 Å². The van der Waals surface area contributed by atoms with Crippen molar-refractivity contribution < 1.29 is 28.8 Å². The van der Waals surface area contributed by atoms with Crippen molar-refractivity contribution >= 4 is 5.97 Å². The molecular formula is C21H38O6. The molecule has 1 unspecified atom stereocenters. The summed E-state index contributed by atoms with van der Waals surface area (Å²) in [4.78, 5) is 10.1. The van der Waals surface area contributed by atoms with Crippen LogP contribution in [0.4, 0.5) is 0 Å². The minimum atomic E-state index is -0.925. The average molecular weight is 387 g/mol. The SMILES string of the molecule is C1CCOCC1.C1CCOCC1.C1CCOCC1.C=C(CC1CO1)C(=O)O. The molecule has 1 atom stereocenters. The van der Waals surface area contributed by atoms with Crippen molar-refractivity contribution in [2.75, 3.05) is 46.2 Å². The van der Waals surface area contributed by atoms with Gasteiger partial charge >= 0.3 is 5.97 Å². The molecule has 6 heteroatoms. The summed E-state index contributed by atoms with van der Waals surface area (Å²) in [6, 6.07) is 0. The van der Waals surface area contributed by atoms with Crippen LogP contribution >= 0.6 is 0 Å². The quantitative estimate of drug-likeness (QED) is 0.584. The minimum absolute atomic E-state index is 0.133. The van der Waals surface area contributed by atoms with Gasteiger partial charge in [0.15, 0.2) is 0 Å². The van der Waals surface area contributed by atoms with Crippen LogP contribution in [0, 0.1) is 0 Å². The van der Waals surface area contributed by atoms with Crippen molar-refractivity contribution in [3.05, 3.63) is 12.2 Å². The highest BCUT2D eigenvalue weighted by Crippen LogP contribution is 2.17. The summed E-state index contributed by atoms with van der Waals surface area (Å²) in [5.74, 6) is -0.925. The van der Waals surface area contributed by atoms with Crippen LogP contribution in [-0.4, -0.2) is 63.4 Å². The van der Waals surface area contributed by atoms with Gasteiger partial charge in [-0.05, 0) is 57.8 Å². The molecule has 0 amide bonds. The van der Waals surface area contributed by atoms with Gasteiger partial charge in [0.1, 0.15) is 0 Å². The second-order valence-corrected chi connectivity index (χ2v) is 7.09. The third-order valence-electron chi connectivity index (χ3n) is 4.41. The highest BCUT2D eigenvalue weighted by atomic mass is 16.6. The van der Waals surface area contributed by atoms with Gasteiger partial charge in [0, 0.05) is 51.6 Å². The second kappa shape index (κ2) is 17.2. The first-order valence-corrected chi connectivity index (χ1v) is 10.5. The molecule has 0 radical (unpaired) electrons. The number of carboxylic acid groups (broad SMARTS) is 1. The Bertz CT molecular complexity index is 306. The van der Waals surface area contributed by atoms with Crippen molar-refractivity contribution in [2.24, 2.45) is 0 Å². The van der Waals surface area contributed by atoms with Gasteiger partial charge in [-0.25, -0.2) is 4.79 Å². The first-order chi connectivity index (χ1) is 13.2. The summed E-state index contributed by atoms with van der Waals surface area (Å²) in [5, 5.41) is 8.30. The van der Waals surface area contributed by atoms with Crippen LogP contribution in [0.2, 0.25) is 0 Å². The van der Waals surface area contributed by atoms with Crippen molar-refractivity contribution in [3.8, 4) is 0 Å². The Morgan fingerprint density at radius 1 is 0.741 bits per heavy atom. The molecule has 4 aliphatic heterocycles. The number of carbonyl (C=O) groups is 1. The molecule has 1 N–H and O–H groups in total. The molecule has 0 bridgehead atoms. The van der Waals surface area contributed by atoms with E-state index in [-0.39, 0.29) is 11.7 Å². The summed E-state index contributed by atoms with van der Waals surface area (Å²) in [6.45, 7) is 10.0. The fourth-order valence-corrected chi connectivity index (χ4v) is 2.61. The van der Waals surface area contributed by atoms with Crippen LogP contribution in [-0.2, 0) is 23.7 Å². The molecule has 158 valence electrons. The van der Waals surface area contributed by atoms with E-state index in [1.807, 2.05) is 0 Å². The molecule has 0 aromatic heterocycles. The molecule has 4 aliphatic rings. The number of hydrogen-bond donors (Lipinski definition) is 1. The third-order valence-corrected chi connectivity index (χ3v) is 4.41. The Kier molecular flexibility index (Phi) is 15.3. The van der Waals surface area contributed by atoms with Crippen LogP contribution in [0.5, 0.6) is 0 Å². The molecule has 0 aromatic carbocycles. The molecular weight excluding hydrogens is 348 g/mol. The van der Waals surface area contributed by atoms with E-state index in [9.17, 15) is 4.79 Å². The summed E-state index contributed by atoms with van der Waals surface area (Å²) < 4.78 is 20.0. The summed E-state index contributed by atoms with van der Waals surface area (Å²) in [6.07, 6.45) is 12.4. The Labute approximate surface area is 164 Å². The first-order valence-electron chi connectivity index (χ1n) is 10.5. The van der Waals surface area contributed by atoms with Gasteiger partial charge in [-0.2, -0.15) is 0 Å². The van der Waals surface area contributed by atoms with Gasteiger partial charge in [0.25, 0.3) is 0 Å². The molecule has 0 saturated carbocycles. The van der Waals surface area contributed by atoms with Crippen molar-refractivity contribution in [3.63, 3.8) is 0 Å². The van der Waals surface area contributed by atoms with Crippen LogP contribution in [0.3, 0.4) is 0 Å². The van der Waals surface area contributed by atoms with E-state index in [4.69, 9.17) is 24.1 Å². The molecule has 27 heavy (non-hydrogen) atoms. The van der Waals surface area contributed by atoms with Crippen LogP contribution in [0.1, 0.15) is 64.2 Å². The van der Waals surface area contributed by atoms with Crippen molar-refractivity contribution in [1.82, 2.24) is 0 Å². The Morgan fingerprint density at radius 3 is 1.22 bits per heavy atom. The maximum absolute atomic E-state index is 10.1. The number of aliphatic carboxylic acids is 1. The average Bonchev–Trinajstić information content (AvgIpc) is 3.57. The first kappa shape index (κ1) is 24.1. The van der Waals surface area contributed by atoms with Crippen molar-refractivity contribution in [2.45, 2.75) is 70.3 Å². The van der Waals surface area contributed by atoms with Gasteiger partial charge < -0.3 is 24.1 Å². The topological polar surface area (TPSA) is 77.5 Å². The standard InChI is InChI=1S/C6H8O3.3C5H10O/c1-4(6(7)8)2-5-3-9-5;3*1-2-4-6-5-3-1/h5H,1-3H2,(H,7,8);3*1-5H2. The number of rotatable bonds is 3. The normalized spacial score (nSPS) is 23.8. The second-order valence-electron chi connectivity index (χ2n) is 7.09. The van der Waals surface area contributed by atoms with Crippen LogP contribution < -0.4 is 0 Å². The molecule has 4 fully saturated rings. The lowest BCUT2D eigenvalue weighted by atomic mass is 10.2. The lowest BCUT2D eigenvalue weighted by Crippen LogP contribution is -2.03. The predicted octanol–water partition coefficient (Wildman–Crippen LogP) is 3.98. The maximum atomic E-state index is 10.1. The zero-order chi connectivity index (χ0) is 19.6. The lowest BCUT2D eigenvalue weighted by molar-refractivity contribution is -0.132. The Morgan fingerprint density at radius 2 is 1.07 bits per heavy atom. The molecule has 4 saturated heterocycles. The largest absolute Gasteiger partial charge is 0.478 e. The number of carboxylic acids is 1. The van der Waals surface area contributed by atoms with Gasteiger partial charge in [-0.1, -0.05) is 6.58 Å². The highest BCUT2D eigenvalue weighted by Gasteiger charge is 2.24. The van der Waals surface area contributed by atoms with E-state index >= 15 is 0 Å². The summed E-state index contributed by atoms with van der Waals surface area (Å²) in [7, 11) is 0. The molecule has 0 aromatic rings. The summed E-state index contributed by atoms with van der Waals surface area (Å²) in [5.41, 5.74) is 0.234. The molecule has 0 spiro atoms. The smallest absolute Gasteiger partial charge is 0.331 e. The fourth-order valence-electron chi connectivity index (χ4n) is 2.61. The van der Waals surface area contributed by atoms with E-state index in [0.717, 1.165) is 39.6 Å². The number of ether oxygens (including phenoxy) is 4. The monoisotopic (exact) mass is 386 g/mol. The molecule has 4 heterocycles. The van der Waals surface area contributed by atoms with E-state index in [0.29, 0.717) is 13.0 Å². The third kappa shape index (κ3) is 16.9. The van der Waals surface area contributed by atoms with Crippen LogP contribution in [0.25, 0.3) is 0 Å². The minimum Gasteiger partial charge on any atom is -0.478 e. The maximum Gasteiger partial charge on any atom is 0.331 e. The van der Waals surface area contributed by atoms with Gasteiger partial charge in [0.05, 0.1) is 12.7 Å². The Balaban J connectivity index is 0.000000183. The van der Waals surface area contributed by atoms with Gasteiger partial charge in [-0.15, -0.1) is 0 Å². The van der Waals surface area contributed by atoms with Gasteiger partial charge in [-0.3, -0.25) is 0 Å². The van der Waals surface area contributed by atoms with E-state index < -0.39 is 5.97 Å².